The lowest BCUT2D eigenvalue weighted by Gasteiger charge is -2.12. The smallest absolute Gasteiger partial charge is 0.240 e. The van der Waals surface area contributed by atoms with Crippen molar-refractivity contribution in [2.45, 2.75) is 31.7 Å². The monoisotopic (exact) mass is 297 g/mol. The molecule has 2 aromatic heterocycles. The van der Waals surface area contributed by atoms with Gasteiger partial charge in [-0.2, -0.15) is 4.98 Å². The SMILES string of the molecule is CN(CCc1nc2ccccc2[nH]1)Cc1nc(C2CC2)no1. The second kappa shape index (κ2) is 5.53. The summed E-state index contributed by atoms with van der Waals surface area (Å²) < 4.78 is 5.31. The van der Waals surface area contributed by atoms with E-state index in [9.17, 15) is 0 Å². The van der Waals surface area contributed by atoms with Crippen molar-refractivity contribution in [3.8, 4) is 0 Å². The molecule has 3 aromatic rings. The van der Waals surface area contributed by atoms with E-state index >= 15 is 0 Å². The first-order valence-electron chi connectivity index (χ1n) is 7.72. The minimum atomic E-state index is 0.540. The summed E-state index contributed by atoms with van der Waals surface area (Å²) in [5.41, 5.74) is 2.11. The molecule has 0 spiro atoms. The molecule has 0 radical (unpaired) electrons. The Morgan fingerprint density at radius 3 is 2.95 bits per heavy atom. The van der Waals surface area contributed by atoms with E-state index in [0.29, 0.717) is 18.4 Å². The van der Waals surface area contributed by atoms with Crippen LogP contribution in [0, 0.1) is 0 Å². The molecule has 0 bridgehead atoms. The molecule has 0 atom stereocenters. The summed E-state index contributed by atoms with van der Waals surface area (Å²) in [5.74, 6) is 3.13. The van der Waals surface area contributed by atoms with Gasteiger partial charge in [0.05, 0.1) is 17.6 Å². The third-order valence-corrected chi connectivity index (χ3v) is 4.00. The zero-order valence-corrected chi connectivity index (χ0v) is 12.6. The summed E-state index contributed by atoms with van der Waals surface area (Å²) in [4.78, 5) is 14.6. The van der Waals surface area contributed by atoms with Crippen LogP contribution in [-0.4, -0.2) is 38.6 Å². The number of fused-ring (bicyclic) bond motifs is 1. The molecular formula is C16H19N5O. The maximum absolute atomic E-state index is 5.31. The van der Waals surface area contributed by atoms with Gasteiger partial charge in [-0.05, 0) is 32.0 Å². The highest BCUT2D eigenvalue weighted by atomic mass is 16.5. The van der Waals surface area contributed by atoms with Crippen LogP contribution in [-0.2, 0) is 13.0 Å². The van der Waals surface area contributed by atoms with Crippen molar-refractivity contribution >= 4 is 11.0 Å². The number of benzene rings is 1. The highest BCUT2D eigenvalue weighted by molar-refractivity contribution is 5.74. The van der Waals surface area contributed by atoms with Crippen LogP contribution in [0.4, 0.5) is 0 Å². The van der Waals surface area contributed by atoms with Crippen LogP contribution < -0.4 is 0 Å². The Morgan fingerprint density at radius 1 is 1.27 bits per heavy atom. The Morgan fingerprint density at radius 2 is 2.14 bits per heavy atom. The number of aromatic amines is 1. The second-order valence-corrected chi connectivity index (χ2v) is 6.01. The average Bonchev–Trinajstić information content (AvgIpc) is 3.12. The first-order chi connectivity index (χ1) is 10.8. The highest BCUT2D eigenvalue weighted by Crippen LogP contribution is 2.38. The van der Waals surface area contributed by atoms with Gasteiger partial charge in [0.2, 0.25) is 5.89 Å². The molecule has 1 aromatic carbocycles. The molecule has 114 valence electrons. The van der Waals surface area contributed by atoms with Crippen LogP contribution in [0.1, 0.15) is 36.3 Å². The summed E-state index contributed by atoms with van der Waals surface area (Å²) >= 11 is 0. The molecule has 1 N–H and O–H groups in total. The molecule has 0 unspecified atom stereocenters. The van der Waals surface area contributed by atoms with Crippen LogP contribution in [0.3, 0.4) is 0 Å². The van der Waals surface area contributed by atoms with Gasteiger partial charge in [0.25, 0.3) is 0 Å². The minimum absolute atomic E-state index is 0.540. The molecule has 1 fully saturated rings. The normalized spacial score (nSPS) is 15.0. The zero-order chi connectivity index (χ0) is 14.9. The minimum Gasteiger partial charge on any atom is -0.342 e. The summed E-state index contributed by atoms with van der Waals surface area (Å²) in [6.07, 6.45) is 3.26. The molecule has 1 saturated carbocycles. The van der Waals surface area contributed by atoms with Gasteiger partial charge < -0.3 is 9.51 Å². The summed E-state index contributed by atoms with van der Waals surface area (Å²) in [6.45, 7) is 1.57. The van der Waals surface area contributed by atoms with Crippen molar-refractivity contribution in [2.24, 2.45) is 0 Å². The Bertz CT molecular complexity index is 741. The standard InChI is InChI=1S/C16H19N5O/c1-21(10-15-19-16(20-22-15)11-6-7-11)9-8-14-17-12-4-2-3-5-13(12)18-14/h2-5,11H,6-10H2,1H3,(H,17,18). The van der Waals surface area contributed by atoms with Gasteiger partial charge >= 0.3 is 0 Å². The average molecular weight is 297 g/mol. The topological polar surface area (TPSA) is 70.8 Å². The molecule has 22 heavy (non-hydrogen) atoms. The summed E-state index contributed by atoms with van der Waals surface area (Å²) in [7, 11) is 2.06. The van der Waals surface area contributed by atoms with E-state index < -0.39 is 0 Å². The fourth-order valence-corrected chi connectivity index (χ4v) is 2.57. The van der Waals surface area contributed by atoms with Crippen molar-refractivity contribution in [1.29, 1.82) is 0 Å². The van der Waals surface area contributed by atoms with Gasteiger partial charge in [-0.25, -0.2) is 4.98 Å². The third kappa shape index (κ3) is 2.87. The Hall–Kier alpha value is -2.21. The number of para-hydroxylation sites is 2. The number of hydrogen-bond acceptors (Lipinski definition) is 5. The van der Waals surface area contributed by atoms with E-state index in [0.717, 1.165) is 35.6 Å². The molecule has 4 rings (SSSR count). The number of H-pyrrole nitrogens is 1. The number of rotatable bonds is 6. The highest BCUT2D eigenvalue weighted by Gasteiger charge is 2.28. The van der Waals surface area contributed by atoms with Gasteiger partial charge in [-0.15, -0.1) is 0 Å². The molecular weight excluding hydrogens is 278 g/mol. The largest absolute Gasteiger partial charge is 0.342 e. The maximum Gasteiger partial charge on any atom is 0.240 e. The Kier molecular flexibility index (Phi) is 3.38. The Labute approximate surface area is 128 Å². The molecule has 0 saturated heterocycles. The molecule has 6 heteroatoms. The number of likely N-dealkylation sites (N-methyl/N-ethyl adjacent to an activating group) is 1. The van der Waals surface area contributed by atoms with Crippen molar-refractivity contribution in [3.05, 3.63) is 41.8 Å². The predicted octanol–water partition coefficient (Wildman–Crippen LogP) is 2.50. The fourth-order valence-electron chi connectivity index (χ4n) is 2.57. The van der Waals surface area contributed by atoms with Crippen molar-refractivity contribution < 1.29 is 4.52 Å². The molecule has 1 aliphatic rings. The van der Waals surface area contributed by atoms with E-state index in [1.807, 2.05) is 24.3 Å². The summed E-state index contributed by atoms with van der Waals surface area (Å²) in [5, 5.41) is 4.05. The van der Waals surface area contributed by atoms with Crippen molar-refractivity contribution in [2.75, 3.05) is 13.6 Å². The molecule has 2 heterocycles. The van der Waals surface area contributed by atoms with E-state index in [1.54, 1.807) is 0 Å². The number of aromatic nitrogens is 4. The van der Waals surface area contributed by atoms with Gasteiger partial charge in [-0.3, -0.25) is 4.90 Å². The maximum atomic E-state index is 5.31. The number of nitrogens with zero attached hydrogens (tertiary/aromatic N) is 4. The van der Waals surface area contributed by atoms with E-state index in [2.05, 4.69) is 32.1 Å². The van der Waals surface area contributed by atoms with Crippen LogP contribution in [0.5, 0.6) is 0 Å². The molecule has 1 aliphatic carbocycles. The van der Waals surface area contributed by atoms with Crippen LogP contribution in [0.25, 0.3) is 11.0 Å². The number of hydrogen-bond donors (Lipinski definition) is 1. The summed E-state index contributed by atoms with van der Waals surface area (Å²) in [6, 6.07) is 8.10. The van der Waals surface area contributed by atoms with E-state index in [-0.39, 0.29) is 0 Å². The third-order valence-electron chi connectivity index (χ3n) is 4.00. The lowest BCUT2D eigenvalue weighted by Crippen LogP contribution is -2.21. The fraction of sp³-hybridized carbons (Fsp3) is 0.438. The number of imidazole rings is 1. The van der Waals surface area contributed by atoms with Gasteiger partial charge in [0, 0.05) is 18.9 Å². The predicted molar refractivity (Wildman–Crippen MR) is 82.4 cm³/mol. The van der Waals surface area contributed by atoms with E-state index in [4.69, 9.17) is 4.52 Å². The van der Waals surface area contributed by atoms with E-state index in [1.165, 1.54) is 12.8 Å². The van der Waals surface area contributed by atoms with Crippen molar-refractivity contribution in [1.82, 2.24) is 25.0 Å². The quantitative estimate of drug-likeness (QED) is 0.757. The van der Waals surface area contributed by atoms with Crippen LogP contribution >= 0.6 is 0 Å². The first-order valence-corrected chi connectivity index (χ1v) is 7.72. The second-order valence-electron chi connectivity index (χ2n) is 6.01. The van der Waals surface area contributed by atoms with Gasteiger partial charge in [0.15, 0.2) is 5.82 Å². The van der Waals surface area contributed by atoms with Gasteiger partial charge in [-0.1, -0.05) is 17.3 Å². The lowest BCUT2D eigenvalue weighted by atomic mass is 10.3. The zero-order valence-electron chi connectivity index (χ0n) is 12.6. The van der Waals surface area contributed by atoms with Crippen LogP contribution in [0.15, 0.2) is 28.8 Å². The van der Waals surface area contributed by atoms with Crippen molar-refractivity contribution in [3.63, 3.8) is 0 Å². The van der Waals surface area contributed by atoms with Crippen LogP contribution in [0.2, 0.25) is 0 Å². The lowest BCUT2D eigenvalue weighted by molar-refractivity contribution is 0.267. The molecule has 0 aliphatic heterocycles. The van der Waals surface area contributed by atoms with Gasteiger partial charge in [0.1, 0.15) is 5.82 Å². The molecule has 6 nitrogen and oxygen atoms in total. The Balaban J connectivity index is 1.33. The molecule has 0 amide bonds. The number of nitrogens with one attached hydrogen (secondary N) is 1. The first kappa shape index (κ1) is 13.5.